The predicted octanol–water partition coefficient (Wildman–Crippen LogP) is 1.85. The molecule has 1 aromatic carbocycles. The van der Waals surface area contributed by atoms with Crippen LogP contribution in [0, 0.1) is 13.8 Å². The highest BCUT2D eigenvalue weighted by Crippen LogP contribution is 2.12. The Balaban J connectivity index is 1.76. The van der Waals surface area contributed by atoms with Gasteiger partial charge in [-0.1, -0.05) is 12.1 Å². The fourth-order valence-electron chi connectivity index (χ4n) is 1.91. The molecule has 1 heterocycles. The molecule has 0 aliphatic carbocycles. The van der Waals surface area contributed by atoms with Crippen LogP contribution in [0.25, 0.3) is 0 Å². The lowest BCUT2D eigenvalue weighted by Crippen LogP contribution is -2.28. The third kappa shape index (κ3) is 4.59. The summed E-state index contributed by atoms with van der Waals surface area (Å²) in [6, 6.07) is 7.77. The number of nitrogens with zero attached hydrogens (tertiary/aromatic N) is 3. The number of carbonyl (C=O) groups excluding carboxylic acids is 1. The van der Waals surface area contributed by atoms with Crippen molar-refractivity contribution >= 4 is 5.91 Å². The Labute approximate surface area is 124 Å². The first kappa shape index (κ1) is 15.0. The number of nitrogens with one attached hydrogen (secondary N) is 1. The summed E-state index contributed by atoms with van der Waals surface area (Å²) in [5.74, 6) is 2.15. The molecule has 1 aromatic heterocycles. The van der Waals surface area contributed by atoms with Gasteiger partial charge in [-0.3, -0.25) is 9.89 Å². The zero-order valence-electron chi connectivity index (χ0n) is 12.6. The quantitative estimate of drug-likeness (QED) is 0.880. The van der Waals surface area contributed by atoms with E-state index >= 15 is 0 Å². The summed E-state index contributed by atoms with van der Waals surface area (Å²) in [5.41, 5.74) is 1.14. The number of aromatic amines is 1. The standard InChI is InChI=1S/C15H20N4O2/c1-11-5-4-6-13(9-11)21-8-7-15(20)19(3)10-14-16-12(2)17-18-14/h4-6,9H,7-8,10H2,1-3H3,(H,16,17,18). The molecule has 0 saturated heterocycles. The van der Waals surface area contributed by atoms with E-state index in [0.717, 1.165) is 17.1 Å². The number of benzene rings is 1. The molecular formula is C15H20N4O2. The van der Waals surface area contributed by atoms with E-state index in [0.29, 0.717) is 25.4 Å². The molecule has 1 amide bonds. The first-order valence-electron chi connectivity index (χ1n) is 6.86. The van der Waals surface area contributed by atoms with Crippen molar-refractivity contribution in [2.24, 2.45) is 0 Å². The van der Waals surface area contributed by atoms with Crippen molar-refractivity contribution in [2.45, 2.75) is 26.8 Å². The molecule has 2 rings (SSSR count). The second-order valence-electron chi connectivity index (χ2n) is 5.00. The van der Waals surface area contributed by atoms with E-state index in [9.17, 15) is 4.79 Å². The first-order chi connectivity index (χ1) is 10.0. The topological polar surface area (TPSA) is 71.1 Å². The Bertz CT molecular complexity index is 609. The molecule has 0 saturated carbocycles. The van der Waals surface area contributed by atoms with Gasteiger partial charge in [0.25, 0.3) is 0 Å². The Morgan fingerprint density at radius 1 is 1.38 bits per heavy atom. The largest absolute Gasteiger partial charge is 0.493 e. The monoisotopic (exact) mass is 288 g/mol. The number of ether oxygens (including phenoxy) is 1. The molecule has 0 aliphatic rings. The number of amides is 1. The van der Waals surface area contributed by atoms with E-state index < -0.39 is 0 Å². The van der Waals surface area contributed by atoms with E-state index in [1.165, 1.54) is 0 Å². The van der Waals surface area contributed by atoms with Crippen LogP contribution in [0.5, 0.6) is 5.75 Å². The molecule has 6 nitrogen and oxygen atoms in total. The summed E-state index contributed by atoms with van der Waals surface area (Å²) in [7, 11) is 1.74. The molecule has 0 unspecified atom stereocenters. The summed E-state index contributed by atoms with van der Waals surface area (Å²) in [6.07, 6.45) is 0.327. The smallest absolute Gasteiger partial charge is 0.226 e. The average Bonchev–Trinajstić information content (AvgIpc) is 2.84. The minimum Gasteiger partial charge on any atom is -0.493 e. The number of hydrogen-bond acceptors (Lipinski definition) is 4. The Morgan fingerprint density at radius 2 is 2.19 bits per heavy atom. The summed E-state index contributed by atoms with van der Waals surface area (Å²) in [6.45, 7) is 4.59. The molecule has 0 fully saturated rings. The van der Waals surface area contributed by atoms with E-state index in [4.69, 9.17) is 4.74 Å². The lowest BCUT2D eigenvalue weighted by Gasteiger charge is -2.15. The van der Waals surface area contributed by atoms with Crippen LogP contribution in [0.2, 0.25) is 0 Å². The Kier molecular flexibility index (Phi) is 4.92. The maximum absolute atomic E-state index is 12.0. The minimum atomic E-state index is 0.00473. The van der Waals surface area contributed by atoms with Crippen LogP contribution in [-0.2, 0) is 11.3 Å². The van der Waals surface area contributed by atoms with Gasteiger partial charge in [-0.15, -0.1) is 0 Å². The third-order valence-electron chi connectivity index (χ3n) is 3.02. The van der Waals surface area contributed by atoms with Crippen LogP contribution in [0.4, 0.5) is 0 Å². The van der Waals surface area contributed by atoms with Gasteiger partial charge in [0.05, 0.1) is 19.6 Å². The number of carbonyl (C=O) groups is 1. The average molecular weight is 288 g/mol. The van der Waals surface area contributed by atoms with E-state index in [-0.39, 0.29) is 5.91 Å². The van der Waals surface area contributed by atoms with Crippen molar-refractivity contribution in [3.8, 4) is 5.75 Å². The minimum absolute atomic E-state index is 0.00473. The van der Waals surface area contributed by atoms with Gasteiger partial charge in [0.1, 0.15) is 11.6 Å². The highest BCUT2D eigenvalue weighted by molar-refractivity contribution is 5.75. The maximum Gasteiger partial charge on any atom is 0.226 e. The van der Waals surface area contributed by atoms with E-state index in [1.54, 1.807) is 11.9 Å². The van der Waals surface area contributed by atoms with Crippen LogP contribution < -0.4 is 4.74 Å². The van der Waals surface area contributed by atoms with Crippen LogP contribution in [0.15, 0.2) is 24.3 Å². The van der Waals surface area contributed by atoms with E-state index in [2.05, 4.69) is 15.2 Å². The molecule has 1 N–H and O–H groups in total. The van der Waals surface area contributed by atoms with Crippen molar-refractivity contribution in [2.75, 3.05) is 13.7 Å². The third-order valence-corrected chi connectivity index (χ3v) is 3.02. The Hall–Kier alpha value is -2.37. The van der Waals surface area contributed by atoms with Crippen molar-refractivity contribution in [3.63, 3.8) is 0 Å². The molecule has 6 heteroatoms. The lowest BCUT2D eigenvalue weighted by atomic mass is 10.2. The van der Waals surface area contributed by atoms with Crippen molar-refractivity contribution in [1.29, 1.82) is 0 Å². The highest BCUT2D eigenvalue weighted by atomic mass is 16.5. The summed E-state index contributed by atoms with van der Waals surface area (Å²) in [5, 5.41) is 6.77. The van der Waals surface area contributed by atoms with Gasteiger partial charge in [-0.2, -0.15) is 5.10 Å². The second-order valence-corrected chi connectivity index (χ2v) is 5.00. The Morgan fingerprint density at radius 3 is 2.86 bits per heavy atom. The van der Waals surface area contributed by atoms with Crippen molar-refractivity contribution in [3.05, 3.63) is 41.5 Å². The fourth-order valence-corrected chi connectivity index (χ4v) is 1.91. The van der Waals surface area contributed by atoms with Crippen LogP contribution in [0.1, 0.15) is 23.6 Å². The molecule has 21 heavy (non-hydrogen) atoms. The van der Waals surface area contributed by atoms with Crippen LogP contribution in [-0.4, -0.2) is 39.6 Å². The summed E-state index contributed by atoms with van der Waals surface area (Å²) < 4.78 is 5.58. The summed E-state index contributed by atoms with van der Waals surface area (Å²) >= 11 is 0. The van der Waals surface area contributed by atoms with Gasteiger partial charge >= 0.3 is 0 Å². The first-order valence-corrected chi connectivity index (χ1v) is 6.86. The second kappa shape index (κ2) is 6.88. The number of hydrogen-bond donors (Lipinski definition) is 1. The molecule has 112 valence electrons. The van der Waals surface area contributed by atoms with Gasteiger partial charge in [0.2, 0.25) is 5.91 Å². The number of rotatable bonds is 6. The van der Waals surface area contributed by atoms with Crippen LogP contribution >= 0.6 is 0 Å². The molecule has 2 aromatic rings. The number of H-pyrrole nitrogens is 1. The van der Waals surface area contributed by atoms with Crippen LogP contribution in [0.3, 0.4) is 0 Å². The highest BCUT2D eigenvalue weighted by Gasteiger charge is 2.11. The maximum atomic E-state index is 12.0. The van der Waals surface area contributed by atoms with Gasteiger partial charge in [0.15, 0.2) is 5.82 Å². The molecule has 0 radical (unpaired) electrons. The lowest BCUT2D eigenvalue weighted by molar-refractivity contribution is -0.131. The predicted molar refractivity (Wildman–Crippen MR) is 78.9 cm³/mol. The van der Waals surface area contributed by atoms with Gasteiger partial charge in [-0.25, -0.2) is 4.98 Å². The van der Waals surface area contributed by atoms with Gasteiger partial charge < -0.3 is 9.64 Å². The van der Waals surface area contributed by atoms with E-state index in [1.807, 2.05) is 38.1 Å². The SMILES string of the molecule is Cc1cccc(OCCC(=O)N(C)Cc2n[nH]c(C)n2)c1. The number of aromatic nitrogens is 3. The van der Waals surface area contributed by atoms with Crippen molar-refractivity contribution in [1.82, 2.24) is 20.1 Å². The fraction of sp³-hybridized carbons (Fsp3) is 0.400. The molecule has 0 atom stereocenters. The molecule has 0 aliphatic heterocycles. The summed E-state index contributed by atoms with van der Waals surface area (Å²) in [4.78, 5) is 17.8. The molecule has 0 spiro atoms. The number of aryl methyl sites for hydroxylation is 2. The van der Waals surface area contributed by atoms with Gasteiger partial charge in [0, 0.05) is 7.05 Å². The van der Waals surface area contributed by atoms with Crippen molar-refractivity contribution < 1.29 is 9.53 Å². The zero-order chi connectivity index (χ0) is 15.2. The molecular weight excluding hydrogens is 268 g/mol. The molecule has 0 bridgehead atoms. The van der Waals surface area contributed by atoms with Gasteiger partial charge in [-0.05, 0) is 31.5 Å². The normalized spacial score (nSPS) is 10.4. The zero-order valence-corrected chi connectivity index (χ0v) is 12.6.